The Morgan fingerprint density at radius 2 is 2.07 bits per heavy atom. The van der Waals surface area contributed by atoms with Crippen LogP contribution in [-0.2, 0) is 5.75 Å². The van der Waals surface area contributed by atoms with Crippen molar-refractivity contribution in [3.05, 3.63) is 34.1 Å². The lowest BCUT2D eigenvalue weighted by atomic mass is 10.2. The van der Waals surface area contributed by atoms with E-state index in [0.29, 0.717) is 5.92 Å². The highest BCUT2D eigenvalue weighted by Crippen LogP contribution is 2.20. The highest BCUT2D eigenvalue weighted by Gasteiger charge is 2.00. The van der Waals surface area contributed by atoms with Crippen LogP contribution in [0, 0.1) is 11.7 Å². The van der Waals surface area contributed by atoms with Crippen LogP contribution in [0.3, 0.4) is 0 Å². The van der Waals surface area contributed by atoms with Crippen molar-refractivity contribution in [3.8, 4) is 0 Å². The molecule has 0 saturated heterocycles. The van der Waals surface area contributed by atoms with E-state index in [2.05, 4.69) is 29.8 Å². The number of halogens is 2. The second-order valence-electron chi connectivity index (χ2n) is 3.69. The Hall–Kier alpha value is -0.0200. The Labute approximate surface area is 97.4 Å². The van der Waals surface area contributed by atoms with E-state index in [0.717, 1.165) is 21.5 Å². The molecular formula is C11H14BrFS. The quantitative estimate of drug-likeness (QED) is 0.782. The molecule has 1 aromatic carbocycles. The molecule has 0 atom stereocenters. The van der Waals surface area contributed by atoms with Gasteiger partial charge in [-0.05, 0) is 35.4 Å². The number of thioether (sulfide) groups is 1. The summed E-state index contributed by atoms with van der Waals surface area (Å²) in [4.78, 5) is 0. The van der Waals surface area contributed by atoms with Crippen molar-refractivity contribution in [2.45, 2.75) is 19.6 Å². The van der Waals surface area contributed by atoms with Gasteiger partial charge in [-0.2, -0.15) is 11.8 Å². The van der Waals surface area contributed by atoms with E-state index in [4.69, 9.17) is 0 Å². The molecule has 0 aliphatic heterocycles. The predicted molar refractivity (Wildman–Crippen MR) is 65.1 cm³/mol. The predicted octanol–water partition coefficient (Wildman–Crippen LogP) is 4.48. The first-order chi connectivity index (χ1) is 6.58. The molecule has 0 heterocycles. The van der Waals surface area contributed by atoms with Crippen LogP contribution in [0.2, 0.25) is 0 Å². The summed E-state index contributed by atoms with van der Waals surface area (Å²) in [7, 11) is 0. The Bertz CT molecular complexity index is 279. The van der Waals surface area contributed by atoms with Gasteiger partial charge in [0.1, 0.15) is 5.82 Å². The lowest BCUT2D eigenvalue weighted by Crippen LogP contribution is -1.92. The third kappa shape index (κ3) is 4.47. The van der Waals surface area contributed by atoms with E-state index in [9.17, 15) is 4.39 Å². The Morgan fingerprint density at radius 1 is 1.36 bits per heavy atom. The van der Waals surface area contributed by atoms with Gasteiger partial charge in [-0.25, -0.2) is 4.39 Å². The van der Waals surface area contributed by atoms with Gasteiger partial charge in [0.25, 0.3) is 0 Å². The largest absolute Gasteiger partial charge is 0.207 e. The first-order valence-corrected chi connectivity index (χ1v) is 6.55. The van der Waals surface area contributed by atoms with Crippen molar-refractivity contribution in [2.75, 3.05) is 5.75 Å². The Morgan fingerprint density at radius 3 is 2.64 bits per heavy atom. The van der Waals surface area contributed by atoms with Crippen LogP contribution in [0.15, 0.2) is 22.7 Å². The number of hydrogen-bond donors (Lipinski definition) is 0. The SMILES string of the molecule is CC(C)CSCc1cc(F)cc(Br)c1. The maximum absolute atomic E-state index is 13.0. The summed E-state index contributed by atoms with van der Waals surface area (Å²) in [5.74, 6) is 2.53. The molecule has 0 aliphatic carbocycles. The van der Waals surface area contributed by atoms with Crippen LogP contribution in [0.4, 0.5) is 4.39 Å². The Kier molecular flexibility index (Phi) is 4.96. The normalized spacial score (nSPS) is 10.9. The van der Waals surface area contributed by atoms with E-state index in [1.165, 1.54) is 6.07 Å². The van der Waals surface area contributed by atoms with Crippen molar-refractivity contribution < 1.29 is 4.39 Å². The zero-order chi connectivity index (χ0) is 10.6. The van der Waals surface area contributed by atoms with Crippen LogP contribution < -0.4 is 0 Å². The number of hydrogen-bond acceptors (Lipinski definition) is 1. The van der Waals surface area contributed by atoms with E-state index >= 15 is 0 Å². The summed E-state index contributed by atoms with van der Waals surface area (Å²) in [6.45, 7) is 4.38. The first kappa shape index (κ1) is 12.1. The molecule has 0 fully saturated rings. The molecule has 3 heteroatoms. The first-order valence-electron chi connectivity index (χ1n) is 4.60. The molecule has 0 radical (unpaired) electrons. The van der Waals surface area contributed by atoms with Gasteiger partial charge >= 0.3 is 0 Å². The third-order valence-corrected chi connectivity index (χ3v) is 3.54. The molecule has 0 spiro atoms. The maximum atomic E-state index is 13.0. The van der Waals surface area contributed by atoms with E-state index in [1.54, 1.807) is 6.07 Å². The van der Waals surface area contributed by atoms with E-state index in [1.807, 2.05) is 17.8 Å². The molecule has 0 N–H and O–H groups in total. The zero-order valence-electron chi connectivity index (χ0n) is 8.39. The molecule has 78 valence electrons. The Balaban J connectivity index is 2.50. The minimum Gasteiger partial charge on any atom is -0.207 e. The standard InChI is InChI=1S/C11H14BrFS/c1-8(2)6-14-7-9-3-10(12)5-11(13)4-9/h3-5,8H,6-7H2,1-2H3. The fourth-order valence-corrected chi connectivity index (χ4v) is 2.61. The van der Waals surface area contributed by atoms with E-state index < -0.39 is 0 Å². The number of rotatable bonds is 4. The summed E-state index contributed by atoms with van der Waals surface area (Å²) >= 11 is 5.13. The summed E-state index contributed by atoms with van der Waals surface area (Å²) in [5.41, 5.74) is 1.04. The summed E-state index contributed by atoms with van der Waals surface area (Å²) < 4.78 is 13.8. The van der Waals surface area contributed by atoms with Gasteiger partial charge in [0.15, 0.2) is 0 Å². The molecule has 14 heavy (non-hydrogen) atoms. The van der Waals surface area contributed by atoms with Crippen LogP contribution in [0.5, 0.6) is 0 Å². The number of benzene rings is 1. The molecule has 0 aromatic heterocycles. The van der Waals surface area contributed by atoms with E-state index in [-0.39, 0.29) is 5.82 Å². The summed E-state index contributed by atoms with van der Waals surface area (Å²) in [6, 6.07) is 5.05. The van der Waals surface area contributed by atoms with Crippen molar-refractivity contribution in [2.24, 2.45) is 5.92 Å². The summed E-state index contributed by atoms with van der Waals surface area (Å²) in [5, 5.41) is 0. The van der Waals surface area contributed by atoms with Gasteiger partial charge in [-0.15, -0.1) is 0 Å². The van der Waals surface area contributed by atoms with Gasteiger partial charge in [0.05, 0.1) is 0 Å². The lowest BCUT2D eigenvalue weighted by Gasteiger charge is -2.05. The van der Waals surface area contributed by atoms with Gasteiger partial charge in [0.2, 0.25) is 0 Å². The highest BCUT2D eigenvalue weighted by atomic mass is 79.9. The second-order valence-corrected chi connectivity index (χ2v) is 5.63. The molecule has 0 nitrogen and oxygen atoms in total. The second kappa shape index (κ2) is 5.76. The third-order valence-electron chi connectivity index (χ3n) is 1.64. The van der Waals surface area contributed by atoms with Gasteiger partial charge in [0, 0.05) is 10.2 Å². The van der Waals surface area contributed by atoms with Crippen LogP contribution in [-0.4, -0.2) is 5.75 Å². The minimum atomic E-state index is -0.167. The smallest absolute Gasteiger partial charge is 0.124 e. The molecule has 1 rings (SSSR count). The van der Waals surface area contributed by atoms with Gasteiger partial charge in [-0.3, -0.25) is 0 Å². The van der Waals surface area contributed by atoms with Crippen molar-refractivity contribution >= 4 is 27.7 Å². The molecular weight excluding hydrogens is 263 g/mol. The molecule has 0 bridgehead atoms. The summed E-state index contributed by atoms with van der Waals surface area (Å²) in [6.07, 6.45) is 0. The topological polar surface area (TPSA) is 0 Å². The molecule has 0 unspecified atom stereocenters. The van der Waals surface area contributed by atoms with Crippen molar-refractivity contribution in [3.63, 3.8) is 0 Å². The minimum absolute atomic E-state index is 0.167. The van der Waals surface area contributed by atoms with Gasteiger partial charge in [-0.1, -0.05) is 29.8 Å². The van der Waals surface area contributed by atoms with Crippen LogP contribution in [0.1, 0.15) is 19.4 Å². The molecule has 1 aromatic rings. The average molecular weight is 277 g/mol. The zero-order valence-corrected chi connectivity index (χ0v) is 10.8. The molecule has 0 amide bonds. The van der Waals surface area contributed by atoms with Crippen molar-refractivity contribution in [1.29, 1.82) is 0 Å². The maximum Gasteiger partial charge on any atom is 0.124 e. The lowest BCUT2D eigenvalue weighted by molar-refractivity contribution is 0.625. The highest BCUT2D eigenvalue weighted by molar-refractivity contribution is 9.10. The molecule has 0 saturated carbocycles. The van der Waals surface area contributed by atoms with Crippen LogP contribution >= 0.6 is 27.7 Å². The van der Waals surface area contributed by atoms with Gasteiger partial charge < -0.3 is 0 Å². The average Bonchev–Trinajstić information content (AvgIpc) is 2.01. The fourth-order valence-electron chi connectivity index (χ4n) is 1.11. The van der Waals surface area contributed by atoms with Crippen molar-refractivity contribution in [1.82, 2.24) is 0 Å². The fraction of sp³-hybridized carbons (Fsp3) is 0.455. The van der Waals surface area contributed by atoms with Crippen LogP contribution in [0.25, 0.3) is 0 Å². The monoisotopic (exact) mass is 276 g/mol. The molecule has 0 aliphatic rings.